The van der Waals surface area contributed by atoms with Crippen LogP contribution in [0, 0.1) is 0 Å². The van der Waals surface area contributed by atoms with E-state index in [-0.39, 0.29) is 6.61 Å². The minimum absolute atomic E-state index is 0.216. The topological polar surface area (TPSA) is 53.4 Å². The Morgan fingerprint density at radius 1 is 1.44 bits per heavy atom. The molecule has 2 N–H and O–H groups in total. The van der Waals surface area contributed by atoms with Gasteiger partial charge >= 0.3 is 0 Å². The molecule has 1 aromatic heterocycles. The molecule has 4 heteroatoms. The number of aliphatic hydroxyl groups is 2. The zero-order valence-corrected chi connectivity index (χ0v) is 10.6. The molecule has 1 aromatic rings. The number of hydrogen-bond donors (Lipinski definition) is 2. The van der Waals surface area contributed by atoms with Gasteiger partial charge in [0.25, 0.3) is 0 Å². The molecular formula is C12H19NO2S. The molecule has 0 amide bonds. The van der Waals surface area contributed by atoms with E-state index in [1.54, 1.807) is 18.0 Å². The van der Waals surface area contributed by atoms with Gasteiger partial charge in [0.15, 0.2) is 0 Å². The van der Waals surface area contributed by atoms with Gasteiger partial charge in [-0.05, 0) is 25.0 Å². The third kappa shape index (κ3) is 4.12. The van der Waals surface area contributed by atoms with Gasteiger partial charge in [-0.1, -0.05) is 13.8 Å². The van der Waals surface area contributed by atoms with E-state index in [4.69, 9.17) is 5.11 Å². The molecule has 0 fully saturated rings. The van der Waals surface area contributed by atoms with E-state index in [0.717, 1.165) is 17.0 Å². The summed E-state index contributed by atoms with van der Waals surface area (Å²) in [4.78, 5) is 5.31. The summed E-state index contributed by atoms with van der Waals surface area (Å²) in [5.41, 5.74) is 0.724. The van der Waals surface area contributed by atoms with Crippen LogP contribution >= 0.6 is 11.8 Å². The molecule has 1 rings (SSSR count). The number of rotatable bonds is 6. The first-order chi connectivity index (χ1) is 7.67. The maximum absolute atomic E-state index is 9.58. The van der Waals surface area contributed by atoms with Crippen LogP contribution in [0.2, 0.25) is 0 Å². The first-order valence-corrected chi connectivity index (χ1v) is 6.46. The third-order valence-electron chi connectivity index (χ3n) is 2.36. The Balaban J connectivity index is 2.57. The summed E-state index contributed by atoms with van der Waals surface area (Å²) in [6.07, 6.45) is 2.78. The summed E-state index contributed by atoms with van der Waals surface area (Å²) < 4.78 is 0. The maximum Gasteiger partial charge on any atom is 0.0957 e. The lowest BCUT2D eigenvalue weighted by Gasteiger charge is -2.10. The van der Waals surface area contributed by atoms with Gasteiger partial charge in [0, 0.05) is 22.9 Å². The minimum Gasteiger partial charge on any atom is -0.396 e. The molecule has 0 aliphatic heterocycles. The summed E-state index contributed by atoms with van der Waals surface area (Å²) in [5.74, 6) is 0. The molecular weight excluding hydrogens is 222 g/mol. The van der Waals surface area contributed by atoms with E-state index < -0.39 is 6.10 Å². The maximum atomic E-state index is 9.58. The zero-order chi connectivity index (χ0) is 12.0. The van der Waals surface area contributed by atoms with E-state index in [1.165, 1.54) is 0 Å². The lowest BCUT2D eigenvalue weighted by atomic mass is 10.2. The van der Waals surface area contributed by atoms with Crippen LogP contribution in [0.4, 0.5) is 0 Å². The van der Waals surface area contributed by atoms with E-state index in [9.17, 15) is 5.11 Å². The predicted octanol–water partition coefficient (Wildman–Crippen LogP) is 2.39. The van der Waals surface area contributed by atoms with E-state index in [0.29, 0.717) is 11.7 Å². The number of pyridine rings is 1. The first-order valence-electron chi connectivity index (χ1n) is 5.59. The predicted molar refractivity (Wildman–Crippen MR) is 66.5 cm³/mol. The van der Waals surface area contributed by atoms with Gasteiger partial charge in [0.2, 0.25) is 0 Å². The average molecular weight is 241 g/mol. The lowest BCUT2D eigenvalue weighted by Crippen LogP contribution is -2.01. The van der Waals surface area contributed by atoms with Crippen molar-refractivity contribution in [2.24, 2.45) is 0 Å². The van der Waals surface area contributed by atoms with E-state index in [1.807, 2.05) is 19.1 Å². The number of hydrogen-bond acceptors (Lipinski definition) is 4. The van der Waals surface area contributed by atoms with Crippen LogP contribution in [0.3, 0.4) is 0 Å². The van der Waals surface area contributed by atoms with Crippen molar-refractivity contribution >= 4 is 11.8 Å². The third-order valence-corrected chi connectivity index (χ3v) is 3.51. The van der Waals surface area contributed by atoms with E-state index >= 15 is 0 Å². The molecule has 0 saturated heterocycles. The van der Waals surface area contributed by atoms with Crippen LogP contribution in [0.25, 0.3) is 0 Å². The summed E-state index contributed by atoms with van der Waals surface area (Å²) in [5, 5.41) is 18.8. The molecule has 0 spiro atoms. The SMILES string of the molecule is CC[C@@H](O)c1ccc(SC(C)CCO)cn1. The highest BCUT2D eigenvalue weighted by Crippen LogP contribution is 2.25. The minimum atomic E-state index is -0.464. The van der Waals surface area contributed by atoms with Gasteiger partial charge in [-0.15, -0.1) is 11.8 Å². The van der Waals surface area contributed by atoms with Crippen LogP contribution in [0.15, 0.2) is 23.2 Å². The highest BCUT2D eigenvalue weighted by molar-refractivity contribution is 7.99. The van der Waals surface area contributed by atoms with Gasteiger partial charge in [0.1, 0.15) is 0 Å². The van der Waals surface area contributed by atoms with Crippen molar-refractivity contribution in [1.82, 2.24) is 4.98 Å². The summed E-state index contributed by atoms with van der Waals surface area (Å²) in [7, 11) is 0. The Kier molecular flexibility index (Phi) is 5.80. The van der Waals surface area contributed by atoms with E-state index in [2.05, 4.69) is 11.9 Å². The van der Waals surface area contributed by atoms with Gasteiger partial charge in [-0.25, -0.2) is 0 Å². The largest absolute Gasteiger partial charge is 0.396 e. The Morgan fingerprint density at radius 3 is 2.69 bits per heavy atom. The summed E-state index contributed by atoms with van der Waals surface area (Å²) in [6.45, 7) is 4.22. The molecule has 2 atom stereocenters. The fourth-order valence-corrected chi connectivity index (χ4v) is 2.29. The fraction of sp³-hybridized carbons (Fsp3) is 0.583. The number of nitrogens with zero attached hydrogens (tertiary/aromatic N) is 1. The van der Waals surface area contributed by atoms with Gasteiger partial charge in [-0.3, -0.25) is 4.98 Å². The van der Waals surface area contributed by atoms with Crippen molar-refractivity contribution in [2.75, 3.05) is 6.61 Å². The van der Waals surface area contributed by atoms with Crippen molar-refractivity contribution in [1.29, 1.82) is 0 Å². The monoisotopic (exact) mass is 241 g/mol. The normalized spacial score (nSPS) is 14.8. The molecule has 0 aliphatic rings. The van der Waals surface area contributed by atoms with Gasteiger partial charge in [-0.2, -0.15) is 0 Å². The lowest BCUT2D eigenvalue weighted by molar-refractivity contribution is 0.169. The van der Waals surface area contributed by atoms with Crippen molar-refractivity contribution < 1.29 is 10.2 Å². The molecule has 1 unspecified atom stereocenters. The highest BCUT2D eigenvalue weighted by Gasteiger charge is 2.07. The van der Waals surface area contributed by atoms with Crippen LogP contribution in [0.5, 0.6) is 0 Å². The molecule has 90 valence electrons. The smallest absolute Gasteiger partial charge is 0.0957 e. The molecule has 0 aromatic carbocycles. The van der Waals surface area contributed by atoms with Crippen LogP contribution in [-0.4, -0.2) is 27.1 Å². The Morgan fingerprint density at radius 2 is 2.19 bits per heavy atom. The molecule has 0 saturated carbocycles. The number of aromatic nitrogens is 1. The van der Waals surface area contributed by atoms with Crippen molar-refractivity contribution in [2.45, 2.75) is 42.9 Å². The quantitative estimate of drug-likeness (QED) is 0.751. The first kappa shape index (κ1) is 13.5. The number of thioether (sulfide) groups is 1. The molecule has 16 heavy (non-hydrogen) atoms. The van der Waals surface area contributed by atoms with Crippen molar-refractivity contribution in [3.8, 4) is 0 Å². The van der Waals surface area contributed by atoms with Crippen LogP contribution in [0.1, 0.15) is 38.5 Å². The standard InChI is InChI=1S/C12H19NO2S/c1-3-12(15)11-5-4-10(8-13-11)16-9(2)6-7-14/h4-5,8-9,12,14-15H,3,6-7H2,1-2H3/t9?,12-/m1/s1. The van der Waals surface area contributed by atoms with Crippen LogP contribution < -0.4 is 0 Å². The molecule has 0 radical (unpaired) electrons. The Hall–Kier alpha value is -0.580. The van der Waals surface area contributed by atoms with Crippen LogP contribution in [-0.2, 0) is 0 Å². The fourth-order valence-electron chi connectivity index (χ4n) is 1.34. The Labute approximate surface area is 101 Å². The number of aliphatic hydroxyl groups excluding tert-OH is 2. The molecule has 0 aliphatic carbocycles. The second-order valence-corrected chi connectivity index (χ2v) is 5.30. The zero-order valence-electron chi connectivity index (χ0n) is 9.76. The molecule has 3 nitrogen and oxygen atoms in total. The van der Waals surface area contributed by atoms with Gasteiger partial charge in [0.05, 0.1) is 11.8 Å². The van der Waals surface area contributed by atoms with Gasteiger partial charge < -0.3 is 10.2 Å². The molecule has 1 heterocycles. The molecule has 0 bridgehead atoms. The average Bonchev–Trinajstić information content (AvgIpc) is 2.29. The Bertz CT molecular complexity index is 302. The summed E-state index contributed by atoms with van der Waals surface area (Å²) >= 11 is 1.69. The van der Waals surface area contributed by atoms with Crippen molar-refractivity contribution in [3.63, 3.8) is 0 Å². The highest BCUT2D eigenvalue weighted by atomic mass is 32.2. The van der Waals surface area contributed by atoms with Crippen molar-refractivity contribution in [3.05, 3.63) is 24.0 Å². The second-order valence-electron chi connectivity index (χ2n) is 3.78. The summed E-state index contributed by atoms with van der Waals surface area (Å²) in [6, 6.07) is 3.84. The second kappa shape index (κ2) is 6.89.